The third-order valence-corrected chi connectivity index (χ3v) is 4.35. The van der Waals surface area contributed by atoms with E-state index in [1.807, 2.05) is 6.07 Å². The Morgan fingerprint density at radius 2 is 2.00 bits per heavy atom. The fourth-order valence-corrected chi connectivity index (χ4v) is 3.06. The highest BCUT2D eigenvalue weighted by Gasteiger charge is 2.33. The highest BCUT2D eigenvalue weighted by Crippen LogP contribution is 2.28. The van der Waals surface area contributed by atoms with Crippen molar-refractivity contribution < 1.29 is 9.59 Å². The number of rotatable bonds is 5. The van der Waals surface area contributed by atoms with E-state index in [1.165, 1.54) is 0 Å². The molecule has 0 saturated heterocycles. The van der Waals surface area contributed by atoms with Gasteiger partial charge in [0.15, 0.2) is 0 Å². The first kappa shape index (κ1) is 16.0. The lowest BCUT2D eigenvalue weighted by atomic mass is 9.98. The van der Waals surface area contributed by atoms with Crippen molar-refractivity contribution >= 4 is 27.7 Å². The monoisotopic (exact) mass is 353 g/mol. The van der Waals surface area contributed by atoms with Gasteiger partial charge in [-0.05, 0) is 31.0 Å². The Morgan fingerprint density at radius 3 is 2.62 bits per heavy atom. The quantitative estimate of drug-likeness (QED) is 0.750. The van der Waals surface area contributed by atoms with Gasteiger partial charge in [-0.15, -0.1) is 0 Å². The minimum absolute atomic E-state index is 0.0346. The van der Waals surface area contributed by atoms with E-state index >= 15 is 0 Å². The standard InChI is InChI=1S/C15H20BrN3O2/c16-12-5-3-4-11(8-12)14(21)18-9-13(20)19-15(10-17)6-1-2-7-15/h3-5,8H,1-2,6-7,9-10,17H2,(H,18,21)(H,19,20). The van der Waals surface area contributed by atoms with Crippen LogP contribution in [0.3, 0.4) is 0 Å². The Labute approximate surface area is 132 Å². The normalized spacial score (nSPS) is 16.5. The van der Waals surface area contributed by atoms with Gasteiger partial charge < -0.3 is 16.4 Å². The maximum atomic E-state index is 12.0. The van der Waals surface area contributed by atoms with Crippen LogP contribution in [0.25, 0.3) is 0 Å². The molecule has 21 heavy (non-hydrogen) atoms. The fourth-order valence-electron chi connectivity index (χ4n) is 2.66. The van der Waals surface area contributed by atoms with E-state index in [4.69, 9.17) is 5.73 Å². The number of benzene rings is 1. The molecule has 1 aromatic carbocycles. The molecule has 1 saturated carbocycles. The van der Waals surface area contributed by atoms with Crippen molar-refractivity contribution in [3.8, 4) is 0 Å². The zero-order chi connectivity index (χ0) is 15.3. The van der Waals surface area contributed by atoms with Crippen LogP contribution in [0.15, 0.2) is 28.7 Å². The number of carbonyl (C=O) groups is 2. The maximum Gasteiger partial charge on any atom is 0.251 e. The molecule has 1 aliphatic carbocycles. The van der Waals surface area contributed by atoms with Gasteiger partial charge in [0.05, 0.1) is 12.1 Å². The topological polar surface area (TPSA) is 84.2 Å². The molecule has 114 valence electrons. The van der Waals surface area contributed by atoms with E-state index in [9.17, 15) is 9.59 Å². The maximum absolute atomic E-state index is 12.0. The van der Waals surface area contributed by atoms with E-state index in [0.717, 1.165) is 30.2 Å². The molecule has 0 unspecified atom stereocenters. The van der Waals surface area contributed by atoms with Gasteiger partial charge >= 0.3 is 0 Å². The van der Waals surface area contributed by atoms with Crippen LogP contribution in [-0.4, -0.2) is 30.4 Å². The molecule has 0 spiro atoms. The second-order valence-electron chi connectivity index (χ2n) is 5.43. The first-order chi connectivity index (χ1) is 10.0. The number of nitrogens with two attached hydrogens (primary N) is 1. The van der Waals surface area contributed by atoms with Crippen molar-refractivity contribution in [1.82, 2.24) is 10.6 Å². The number of hydrogen-bond donors (Lipinski definition) is 3. The Bertz CT molecular complexity index is 527. The third-order valence-electron chi connectivity index (χ3n) is 3.85. The van der Waals surface area contributed by atoms with Gasteiger partial charge in [-0.2, -0.15) is 0 Å². The van der Waals surface area contributed by atoms with Gasteiger partial charge in [0.25, 0.3) is 5.91 Å². The molecule has 0 radical (unpaired) electrons. The zero-order valence-corrected chi connectivity index (χ0v) is 13.4. The minimum Gasteiger partial charge on any atom is -0.348 e. The average molecular weight is 354 g/mol. The van der Waals surface area contributed by atoms with Crippen molar-refractivity contribution in [2.75, 3.05) is 13.1 Å². The Morgan fingerprint density at radius 1 is 1.29 bits per heavy atom. The molecule has 0 aromatic heterocycles. The van der Waals surface area contributed by atoms with E-state index in [1.54, 1.807) is 18.2 Å². The summed E-state index contributed by atoms with van der Waals surface area (Å²) in [6.45, 7) is 0.408. The summed E-state index contributed by atoms with van der Waals surface area (Å²) < 4.78 is 0.827. The summed E-state index contributed by atoms with van der Waals surface area (Å²) in [6.07, 6.45) is 3.99. The number of halogens is 1. The first-order valence-corrected chi connectivity index (χ1v) is 7.89. The van der Waals surface area contributed by atoms with E-state index in [0.29, 0.717) is 12.1 Å². The average Bonchev–Trinajstić information content (AvgIpc) is 2.94. The second-order valence-corrected chi connectivity index (χ2v) is 6.35. The van der Waals surface area contributed by atoms with Crippen LogP contribution in [0.1, 0.15) is 36.0 Å². The summed E-state index contributed by atoms with van der Waals surface area (Å²) in [6, 6.07) is 7.04. The molecule has 2 rings (SSSR count). The minimum atomic E-state index is -0.280. The SMILES string of the molecule is NCC1(NC(=O)CNC(=O)c2cccc(Br)c2)CCCC1. The smallest absolute Gasteiger partial charge is 0.251 e. The molecular weight excluding hydrogens is 334 g/mol. The largest absolute Gasteiger partial charge is 0.348 e. The van der Waals surface area contributed by atoms with E-state index in [-0.39, 0.29) is 23.9 Å². The van der Waals surface area contributed by atoms with Crippen LogP contribution in [-0.2, 0) is 4.79 Å². The summed E-state index contributed by atoms with van der Waals surface area (Å²) in [4.78, 5) is 23.9. The summed E-state index contributed by atoms with van der Waals surface area (Å²) in [5.74, 6) is -0.453. The molecule has 0 aliphatic heterocycles. The van der Waals surface area contributed by atoms with Crippen LogP contribution in [0.2, 0.25) is 0 Å². The summed E-state index contributed by atoms with van der Waals surface area (Å²) in [7, 11) is 0. The van der Waals surface area contributed by atoms with Crippen LogP contribution < -0.4 is 16.4 Å². The van der Waals surface area contributed by atoms with Crippen molar-refractivity contribution in [3.63, 3.8) is 0 Å². The lowest BCUT2D eigenvalue weighted by molar-refractivity contribution is -0.121. The highest BCUT2D eigenvalue weighted by atomic mass is 79.9. The van der Waals surface area contributed by atoms with E-state index < -0.39 is 0 Å². The summed E-state index contributed by atoms with van der Waals surface area (Å²) in [5, 5.41) is 5.60. The molecule has 1 aromatic rings. The Hall–Kier alpha value is -1.40. The number of amides is 2. The van der Waals surface area contributed by atoms with Crippen molar-refractivity contribution in [3.05, 3.63) is 34.3 Å². The lowest BCUT2D eigenvalue weighted by Gasteiger charge is -2.28. The molecule has 0 atom stereocenters. The van der Waals surface area contributed by atoms with Crippen molar-refractivity contribution in [2.45, 2.75) is 31.2 Å². The molecule has 0 heterocycles. The molecule has 2 amide bonds. The molecular formula is C15H20BrN3O2. The second kappa shape index (κ2) is 7.04. The van der Waals surface area contributed by atoms with Gasteiger partial charge in [-0.1, -0.05) is 34.8 Å². The molecule has 0 bridgehead atoms. The van der Waals surface area contributed by atoms with Gasteiger partial charge in [0.2, 0.25) is 5.91 Å². The number of hydrogen-bond acceptors (Lipinski definition) is 3. The Balaban J connectivity index is 1.85. The lowest BCUT2D eigenvalue weighted by Crippen LogP contribution is -2.54. The van der Waals surface area contributed by atoms with Gasteiger partial charge in [-0.25, -0.2) is 0 Å². The highest BCUT2D eigenvalue weighted by molar-refractivity contribution is 9.10. The van der Waals surface area contributed by atoms with E-state index in [2.05, 4.69) is 26.6 Å². The number of nitrogens with one attached hydrogen (secondary N) is 2. The zero-order valence-electron chi connectivity index (χ0n) is 11.8. The first-order valence-electron chi connectivity index (χ1n) is 7.09. The summed E-state index contributed by atoms with van der Waals surface area (Å²) >= 11 is 3.31. The Kier molecular flexibility index (Phi) is 5.36. The number of carbonyl (C=O) groups excluding carboxylic acids is 2. The molecule has 5 nitrogen and oxygen atoms in total. The molecule has 1 fully saturated rings. The van der Waals surface area contributed by atoms with Crippen molar-refractivity contribution in [1.29, 1.82) is 0 Å². The van der Waals surface area contributed by atoms with Crippen LogP contribution >= 0.6 is 15.9 Å². The van der Waals surface area contributed by atoms with Gasteiger partial charge in [0.1, 0.15) is 0 Å². The molecule has 1 aliphatic rings. The van der Waals surface area contributed by atoms with Crippen LogP contribution in [0, 0.1) is 0 Å². The fraction of sp³-hybridized carbons (Fsp3) is 0.467. The predicted octanol–water partition coefficient (Wildman–Crippen LogP) is 1.57. The molecule has 6 heteroatoms. The van der Waals surface area contributed by atoms with Gasteiger partial charge in [-0.3, -0.25) is 9.59 Å². The van der Waals surface area contributed by atoms with Gasteiger partial charge in [0, 0.05) is 16.6 Å². The molecule has 4 N–H and O–H groups in total. The van der Waals surface area contributed by atoms with Crippen LogP contribution in [0.4, 0.5) is 0 Å². The van der Waals surface area contributed by atoms with Crippen LogP contribution in [0.5, 0.6) is 0 Å². The summed E-state index contributed by atoms with van der Waals surface area (Å²) in [5.41, 5.74) is 6.01. The predicted molar refractivity (Wildman–Crippen MR) is 84.9 cm³/mol. The van der Waals surface area contributed by atoms with Crippen molar-refractivity contribution in [2.24, 2.45) is 5.73 Å². The third kappa shape index (κ3) is 4.28.